The van der Waals surface area contributed by atoms with Crippen LogP contribution in [0.15, 0.2) is 30.3 Å². The van der Waals surface area contributed by atoms with Crippen molar-refractivity contribution in [2.75, 3.05) is 0 Å². The van der Waals surface area contributed by atoms with Crippen molar-refractivity contribution in [3.8, 4) is 0 Å². The molecule has 4 heteroatoms. The molecule has 0 aliphatic rings. The van der Waals surface area contributed by atoms with E-state index in [0.29, 0.717) is 12.8 Å². The molecule has 1 atom stereocenters. The van der Waals surface area contributed by atoms with Crippen LogP contribution in [0.2, 0.25) is 0 Å². The van der Waals surface area contributed by atoms with E-state index in [1.807, 2.05) is 30.3 Å². The summed E-state index contributed by atoms with van der Waals surface area (Å²) in [5.41, 5.74) is 1.07. The van der Waals surface area contributed by atoms with E-state index in [1.54, 1.807) is 0 Å². The first-order valence-electron chi connectivity index (χ1n) is 4.79. The second-order valence-electron chi connectivity index (χ2n) is 3.44. The first-order valence-corrected chi connectivity index (χ1v) is 5.16. The maximum absolute atomic E-state index is 12.4. The van der Waals surface area contributed by atoms with E-state index >= 15 is 0 Å². The van der Waals surface area contributed by atoms with Gasteiger partial charge in [0.05, 0.1) is 0 Å². The Labute approximate surface area is 92.7 Å². The SMILES string of the molecule is OC(CCCc1ccccc1)C(F)(F)Cl. The van der Waals surface area contributed by atoms with Gasteiger partial charge in [-0.3, -0.25) is 0 Å². The highest BCUT2D eigenvalue weighted by Crippen LogP contribution is 2.26. The minimum Gasteiger partial charge on any atom is -0.385 e. The molecular weight excluding hydrogens is 222 g/mol. The van der Waals surface area contributed by atoms with Gasteiger partial charge in [-0.25, -0.2) is 0 Å². The molecule has 1 rings (SSSR count). The summed E-state index contributed by atoms with van der Waals surface area (Å²) in [7, 11) is 0. The zero-order valence-electron chi connectivity index (χ0n) is 8.17. The molecule has 1 unspecified atom stereocenters. The minimum absolute atomic E-state index is 0.00535. The highest BCUT2D eigenvalue weighted by Gasteiger charge is 2.34. The normalized spacial score (nSPS) is 13.9. The number of hydrogen-bond donors (Lipinski definition) is 1. The van der Waals surface area contributed by atoms with Gasteiger partial charge in [0.2, 0.25) is 0 Å². The Balaban J connectivity index is 2.28. The van der Waals surface area contributed by atoms with Gasteiger partial charge < -0.3 is 5.11 Å². The van der Waals surface area contributed by atoms with E-state index in [1.165, 1.54) is 0 Å². The largest absolute Gasteiger partial charge is 0.385 e. The molecule has 0 aromatic heterocycles. The maximum Gasteiger partial charge on any atom is 0.347 e. The molecule has 0 bridgehead atoms. The van der Waals surface area contributed by atoms with Crippen LogP contribution in [-0.2, 0) is 6.42 Å². The number of rotatable bonds is 5. The lowest BCUT2D eigenvalue weighted by Crippen LogP contribution is -2.27. The van der Waals surface area contributed by atoms with E-state index in [-0.39, 0.29) is 6.42 Å². The predicted octanol–water partition coefficient (Wildman–Crippen LogP) is 3.20. The second kappa shape index (κ2) is 5.42. The van der Waals surface area contributed by atoms with Crippen LogP contribution in [-0.4, -0.2) is 16.6 Å². The van der Waals surface area contributed by atoms with Crippen LogP contribution in [0.25, 0.3) is 0 Å². The van der Waals surface area contributed by atoms with Gasteiger partial charge in [0, 0.05) is 0 Å². The number of aryl methyl sites for hydroxylation is 1. The molecule has 0 amide bonds. The summed E-state index contributed by atoms with van der Waals surface area (Å²) >= 11 is 4.68. The molecule has 0 fully saturated rings. The average Bonchev–Trinajstić information content (AvgIpc) is 2.18. The fraction of sp³-hybridized carbons (Fsp3) is 0.455. The van der Waals surface area contributed by atoms with Crippen molar-refractivity contribution in [2.24, 2.45) is 0 Å². The quantitative estimate of drug-likeness (QED) is 0.776. The third kappa shape index (κ3) is 4.58. The molecule has 0 saturated carbocycles. The van der Waals surface area contributed by atoms with E-state index in [0.717, 1.165) is 5.56 Å². The van der Waals surface area contributed by atoms with Crippen LogP contribution in [0, 0.1) is 0 Å². The summed E-state index contributed by atoms with van der Waals surface area (Å²) in [5, 5.41) is 5.46. The molecule has 0 radical (unpaired) electrons. The van der Waals surface area contributed by atoms with Crippen molar-refractivity contribution in [3.63, 3.8) is 0 Å². The average molecular weight is 235 g/mol. The lowest BCUT2D eigenvalue weighted by atomic mass is 10.1. The van der Waals surface area contributed by atoms with Gasteiger partial charge in [0.1, 0.15) is 6.10 Å². The van der Waals surface area contributed by atoms with E-state index < -0.39 is 11.5 Å². The topological polar surface area (TPSA) is 20.2 Å². The molecule has 0 heterocycles. The van der Waals surface area contributed by atoms with E-state index in [2.05, 4.69) is 11.6 Å². The number of aliphatic hydroxyl groups is 1. The monoisotopic (exact) mass is 234 g/mol. The standard InChI is InChI=1S/C11H13ClF2O/c12-11(13,14)10(15)8-4-7-9-5-2-1-3-6-9/h1-3,5-6,10,15H,4,7-8H2. The van der Waals surface area contributed by atoms with Crippen molar-refractivity contribution in [1.29, 1.82) is 0 Å². The summed E-state index contributed by atoms with van der Waals surface area (Å²) in [6.45, 7) is 0. The van der Waals surface area contributed by atoms with Gasteiger partial charge in [0.15, 0.2) is 0 Å². The molecule has 15 heavy (non-hydrogen) atoms. The smallest absolute Gasteiger partial charge is 0.347 e. The predicted molar refractivity (Wildman–Crippen MR) is 56.2 cm³/mol. The van der Waals surface area contributed by atoms with Crippen molar-refractivity contribution < 1.29 is 13.9 Å². The van der Waals surface area contributed by atoms with E-state index in [9.17, 15) is 8.78 Å². The van der Waals surface area contributed by atoms with Crippen molar-refractivity contribution >= 4 is 11.6 Å². The summed E-state index contributed by atoms with van der Waals surface area (Å²) in [5.74, 6) is 0. The lowest BCUT2D eigenvalue weighted by Gasteiger charge is -2.15. The molecule has 0 aliphatic carbocycles. The molecule has 1 N–H and O–H groups in total. The first-order chi connectivity index (χ1) is 7.00. The third-order valence-corrected chi connectivity index (χ3v) is 2.42. The Kier molecular flexibility index (Phi) is 4.48. The van der Waals surface area contributed by atoms with E-state index in [4.69, 9.17) is 5.11 Å². The number of alkyl halides is 3. The summed E-state index contributed by atoms with van der Waals surface area (Å²) in [4.78, 5) is 0. The molecular formula is C11H13ClF2O. The van der Waals surface area contributed by atoms with Crippen molar-refractivity contribution in [2.45, 2.75) is 30.7 Å². The molecule has 1 aromatic rings. The third-order valence-electron chi connectivity index (χ3n) is 2.16. The number of hydrogen-bond acceptors (Lipinski definition) is 1. The molecule has 84 valence electrons. The lowest BCUT2D eigenvalue weighted by molar-refractivity contribution is -0.0449. The first kappa shape index (κ1) is 12.4. The summed E-state index contributed by atoms with van der Waals surface area (Å²) in [6.07, 6.45) is -0.591. The van der Waals surface area contributed by atoms with Crippen molar-refractivity contribution in [3.05, 3.63) is 35.9 Å². The number of halogens is 3. The minimum atomic E-state index is -3.52. The summed E-state index contributed by atoms with van der Waals surface area (Å²) < 4.78 is 24.7. The van der Waals surface area contributed by atoms with Crippen molar-refractivity contribution in [1.82, 2.24) is 0 Å². The second-order valence-corrected chi connectivity index (χ2v) is 3.94. The van der Waals surface area contributed by atoms with Gasteiger partial charge in [-0.15, -0.1) is 0 Å². The van der Waals surface area contributed by atoms with Crippen LogP contribution in [0.5, 0.6) is 0 Å². The fourth-order valence-electron chi connectivity index (χ4n) is 1.31. The highest BCUT2D eigenvalue weighted by molar-refractivity contribution is 6.22. The van der Waals surface area contributed by atoms with Gasteiger partial charge in [0.25, 0.3) is 0 Å². The van der Waals surface area contributed by atoms with Gasteiger partial charge in [-0.05, 0) is 36.4 Å². The van der Waals surface area contributed by atoms with Crippen LogP contribution < -0.4 is 0 Å². The molecule has 0 saturated heterocycles. The number of aliphatic hydroxyl groups excluding tert-OH is 1. The fourth-order valence-corrected chi connectivity index (χ4v) is 1.42. The van der Waals surface area contributed by atoms with Crippen LogP contribution in [0.3, 0.4) is 0 Å². The Bertz CT molecular complexity index is 284. The van der Waals surface area contributed by atoms with Gasteiger partial charge >= 0.3 is 5.38 Å². The molecule has 0 aliphatic heterocycles. The zero-order chi connectivity index (χ0) is 11.3. The zero-order valence-corrected chi connectivity index (χ0v) is 8.92. The Hall–Kier alpha value is -0.670. The molecule has 0 spiro atoms. The Morgan fingerprint density at radius 2 is 1.87 bits per heavy atom. The Morgan fingerprint density at radius 1 is 1.27 bits per heavy atom. The van der Waals surface area contributed by atoms with Gasteiger partial charge in [-0.2, -0.15) is 8.78 Å². The number of benzene rings is 1. The van der Waals surface area contributed by atoms with Gasteiger partial charge in [-0.1, -0.05) is 30.3 Å². The molecule has 1 aromatic carbocycles. The van der Waals surface area contributed by atoms with Crippen LogP contribution >= 0.6 is 11.6 Å². The Morgan fingerprint density at radius 3 is 2.40 bits per heavy atom. The summed E-state index contributed by atoms with van der Waals surface area (Å²) in [6, 6.07) is 9.52. The van der Waals surface area contributed by atoms with Crippen LogP contribution in [0.1, 0.15) is 18.4 Å². The maximum atomic E-state index is 12.4. The highest BCUT2D eigenvalue weighted by atomic mass is 35.5. The molecule has 1 nitrogen and oxygen atoms in total. The van der Waals surface area contributed by atoms with Crippen LogP contribution in [0.4, 0.5) is 8.78 Å².